The fraction of sp³-hybridized carbons (Fsp3) is 0.517. The van der Waals surface area contributed by atoms with Gasteiger partial charge in [0, 0.05) is 25.5 Å². The molecular formula is C29H38F3N5O3. The number of fused-ring (bicyclic) bond motifs is 1. The number of nitrogens with zero attached hydrogens (tertiary/aromatic N) is 3. The van der Waals surface area contributed by atoms with Crippen LogP contribution in [0.25, 0.3) is 0 Å². The van der Waals surface area contributed by atoms with E-state index in [4.69, 9.17) is 5.73 Å². The van der Waals surface area contributed by atoms with Crippen molar-refractivity contribution in [3.63, 3.8) is 0 Å². The number of nitrogen functional groups attached to an aromatic ring is 1. The molecule has 1 aromatic carbocycles. The van der Waals surface area contributed by atoms with Gasteiger partial charge in [-0.15, -0.1) is 0 Å². The molecule has 2 aliphatic heterocycles. The van der Waals surface area contributed by atoms with Gasteiger partial charge in [0.1, 0.15) is 17.9 Å². The number of likely N-dealkylation sites (tertiary alicyclic amines) is 1. The fourth-order valence-corrected chi connectivity index (χ4v) is 5.30. The number of nitrogens with two attached hydrogens (primary N) is 1. The number of β-lactam (4-membered cyclic amide) rings is 1. The lowest BCUT2D eigenvalue weighted by Crippen LogP contribution is -2.59. The number of hydrogen-bond donors (Lipinski definition) is 2. The van der Waals surface area contributed by atoms with E-state index in [1.807, 2.05) is 47.5 Å². The predicted molar refractivity (Wildman–Crippen MR) is 147 cm³/mol. The quantitative estimate of drug-likeness (QED) is 0.425. The van der Waals surface area contributed by atoms with Gasteiger partial charge in [0.15, 0.2) is 0 Å². The largest absolute Gasteiger partial charge is 0.408 e. The van der Waals surface area contributed by atoms with E-state index >= 15 is 0 Å². The van der Waals surface area contributed by atoms with Gasteiger partial charge in [-0.1, -0.05) is 37.5 Å². The summed E-state index contributed by atoms with van der Waals surface area (Å²) < 4.78 is 37.4. The average molecular weight is 562 g/mol. The number of aromatic nitrogens is 1. The molecule has 3 heterocycles. The monoisotopic (exact) mass is 561 g/mol. The molecule has 2 aromatic rings. The van der Waals surface area contributed by atoms with E-state index < -0.39 is 18.1 Å². The van der Waals surface area contributed by atoms with Crippen molar-refractivity contribution in [2.24, 2.45) is 5.92 Å². The molecule has 0 spiro atoms. The van der Waals surface area contributed by atoms with Crippen molar-refractivity contribution in [1.29, 1.82) is 0 Å². The standard InChI is InChI=1S/C14H16N2O2.C9H14F3NO.C6H8N2/c1-15-12(9-13(15)17)14(18)16-8-4-6-10-5-2-3-7-11(10)16;10-9(11,12)8(13-6-14)7-4-2-1-3-5-7;1-5-2-3-8-6(7)4-5/h2-3,5,7,12H,4,6,8-9H2,1H3;6-8H,1-5H2,(H,13,14);2-4H,1H3,(H2,7,8). The number of alkyl halides is 3. The fourth-order valence-electron chi connectivity index (χ4n) is 5.30. The summed E-state index contributed by atoms with van der Waals surface area (Å²) in [7, 11) is 1.70. The Balaban J connectivity index is 0.000000178. The second-order valence-corrected chi connectivity index (χ2v) is 10.4. The van der Waals surface area contributed by atoms with Crippen LogP contribution >= 0.6 is 0 Å². The molecule has 1 aromatic heterocycles. The Morgan fingerprint density at radius 3 is 2.40 bits per heavy atom. The van der Waals surface area contributed by atoms with Gasteiger partial charge in [-0.3, -0.25) is 14.4 Å². The number of benzene rings is 1. The van der Waals surface area contributed by atoms with Gasteiger partial charge in [-0.25, -0.2) is 4.98 Å². The number of rotatable bonds is 4. The number of amides is 3. The number of pyridine rings is 1. The molecule has 2 fully saturated rings. The first-order valence-electron chi connectivity index (χ1n) is 13.6. The van der Waals surface area contributed by atoms with Crippen molar-refractivity contribution in [3.8, 4) is 0 Å². The summed E-state index contributed by atoms with van der Waals surface area (Å²) in [5, 5.41) is 1.89. The van der Waals surface area contributed by atoms with Gasteiger partial charge < -0.3 is 20.9 Å². The highest BCUT2D eigenvalue weighted by atomic mass is 19.4. The molecular weight excluding hydrogens is 523 g/mol. The maximum absolute atomic E-state index is 12.5. The first-order valence-corrected chi connectivity index (χ1v) is 13.6. The van der Waals surface area contributed by atoms with Crippen LogP contribution in [0.15, 0.2) is 42.6 Å². The number of likely N-dealkylation sites (N-methyl/N-ethyl adjacent to an activating group) is 1. The van der Waals surface area contributed by atoms with E-state index in [0.29, 0.717) is 25.1 Å². The topological polar surface area (TPSA) is 109 Å². The Labute approximate surface area is 233 Å². The molecule has 11 heteroatoms. The molecule has 5 rings (SSSR count). The summed E-state index contributed by atoms with van der Waals surface area (Å²) in [6.07, 6.45) is 3.69. The van der Waals surface area contributed by atoms with E-state index in [2.05, 4.69) is 11.1 Å². The predicted octanol–water partition coefficient (Wildman–Crippen LogP) is 4.41. The summed E-state index contributed by atoms with van der Waals surface area (Å²) in [6.45, 7) is 2.74. The summed E-state index contributed by atoms with van der Waals surface area (Å²) in [4.78, 5) is 41.0. The van der Waals surface area contributed by atoms with Crippen molar-refractivity contribution in [1.82, 2.24) is 15.2 Å². The summed E-state index contributed by atoms with van der Waals surface area (Å²) in [5.41, 5.74) is 8.74. The van der Waals surface area contributed by atoms with E-state index in [-0.39, 0.29) is 24.3 Å². The van der Waals surface area contributed by atoms with Gasteiger partial charge >= 0.3 is 6.18 Å². The van der Waals surface area contributed by atoms with Crippen molar-refractivity contribution in [3.05, 3.63) is 53.7 Å². The summed E-state index contributed by atoms with van der Waals surface area (Å²) in [6, 6.07) is 9.86. The number of anilines is 2. The number of nitrogens with one attached hydrogen (secondary N) is 1. The van der Waals surface area contributed by atoms with Crippen molar-refractivity contribution >= 4 is 29.7 Å². The minimum absolute atomic E-state index is 0.0543. The second-order valence-electron chi connectivity index (χ2n) is 10.4. The highest BCUT2D eigenvalue weighted by molar-refractivity contribution is 6.05. The van der Waals surface area contributed by atoms with Crippen LogP contribution in [0.1, 0.15) is 56.1 Å². The Bertz CT molecular complexity index is 1140. The summed E-state index contributed by atoms with van der Waals surface area (Å²) in [5.74, 6) is 0.266. The molecule has 0 radical (unpaired) electrons. The number of para-hydroxylation sites is 1. The third-order valence-electron chi connectivity index (χ3n) is 7.55. The maximum Gasteiger partial charge on any atom is 0.408 e. The minimum Gasteiger partial charge on any atom is -0.384 e. The molecule has 3 N–H and O–H groups in total. The van der Waals surface area contributed by atoms with E-state index in [9.17, 15) is 27.6 Å². The van der Waals surface area contributed by atoms with Crippen molar-refractivity contribution in [2.45, 2.75) is 76.6 Å². The van der Waals surface area contributed by atoms with E-state index in [0.717, 1.165) is 49.9 Å². The third-order valence-corrected chi connectivity index (χ3v) is 7.55. The van der Waals surface area contributed by atoms with Crippen LogP contribution < -0.4 is 16.0 Å². The normalized spacial score (nSPS) is 19.5. The highest BCUT2D eigenvalue weighted by Crippen LogP contribution is 2.34. The van der Waals surface area contributed by atoms with E-state index in [1.165, 1.54) is 5.56 Å². The lowest BCUT2D eigenvalue weighted by atomic mass is 9.83. The van der Waals surface area contributed by atoms with E-state index in [1.54, 1.807) is 18.1 Å². The molecule has 40 heavy (non-hydrogen) atoms. The number of hydrogen-bond acceptors (Lipinski definition) is 5. The molecule has 1 aliphatic carbocycles. The number of aryl methyl sites for hydroxylation is 2. The number of carbonyl (C=O) groups is 3. The Morgan fingerprint density at radius 1 is 1.15 bits per heavy atom. The van der Waals surface area contributed by atoms with Gasteiger partial charge in [-0.2, -0.15) is 13.2 Å². The molecule has 0 bridgehead atoms. The average Bonchev–Trinajstić information content (AvgIpc) is 2.94. The molecule has 3 amide bonds. The lowest BCUT2D eigenvalue weighted by Gasteiger charge is -2.40. The van der Waals surface area contributed by atoms with Gasteiger partial charge in [0.05, 0.1) is 6.42 Å². The molecule has 218 valence electrons. The first-order chi connectivity index (χ1) is 19.0. The zero-order valence-electron chi connectivity index (χ0n) is 23.0. The molecule has 1 saturated heterocycles. The smallest absolute Gasteiger partial charge is 0.384 e. The number of carbonyl (C=O) groups excluding carboxylic acids is 3. The molecule has 3 aliphatic rings. The Kier molecular flexibility index (Phi) is 10.9. The Hall–Kier alpha value is -3.63. The van der Waals surface area contributed by atoms with Crippen LogP contribution in [0.5, 0.6) is 0 Å². The lowest BCUT2D eigenvalue weighted by molar-refractivity contribution is -0.171. The van der Waals surface area contributed by atoms with Gasteiger partial charge in [-0.05, 0) is 67.9 Å². The molecule has 2 atom stereocenters. The molecule has 1 saturated carbocycles. The van der Waals surface area contributed by atoms with Crippen LogP contribution in [0.3, 0.4) is 0 Å². The number of halogens is 3. The molecule has 8 nitrogen and oxygen atoms in total. The Morgan fingerprint density at radius 2 is 1.85 bits per heavy atom. The van der Waals surface area contributed by atoms with Crippen LogP contribution in [-0.4, -0.2) is 60.0 Å². The van der Waals surface area contributed by atoms with Crippen LogP contribution in [-0.2, 0) is 20.8 Å². The first kappa shape index (κ1) is 30.9. The van der Waals surface area contributed by atoms with Crippen molar-refractivity contribution in [2.75, 3.05) is 24.2 Å². The zero-order chi connectivity index (χ0) is 29.3. The van der Waals surface area contributed by atoms with Gasteiger partial charge in [0.25, 0.3) is 0 Å². The zero-order valence-corrected chi connectivity index (χ0v) is 23.0. The SMILES string of the molecule is CN1C(=O)CC1C(=O)N1CCCc2ccccc21.Cc1ccnc(N)c1.O=CNC(C1CCCCC1)C(F)(F)F. The van der Waals surface area contributed by atoms with Gasteiger partial charge in [0.2, 0.25) is 18.2 Å². The van der Waals surface area contributed by atoms with Crippen molar-refractivity contribution < 1.29 is 27.6 Å². The maximum atomic E-state index is 12.5. The van der Waals surface area contributed by atoms with Crippen LogP contribution in [0, 0.1) is 12.8 Å². The summed E-state index contributed by atoms with van der Waals surface area (Å²) >= 11 is 0. The second kappa shape index (κ2) is 14.1. The molecule has 2 unspecified atom stereocenters. The third kappa shape index (κ3) is 8.19. The highest BCUT2D eigenvalue weighted by Gasteiger charge is 2.44. The van der Waals surface area contributed by atoms with Crippen LogP contribution in [0.2, 0.25) is 0 Å². The minimum atomic E-state index is -4.32. The van der Waals surface area contributed by atoms with Crippen LogP contribution in [0.4, 0.5) is 24.7 Å².